The monoisotopic (exact) mass is 246 g/mol. The van der Waals surface area contributed by atoms with Crippen molar-refractivity contribution in [2.75, 3.05) is 19.3 Å². The minimum absolute atomic E-state index is 0. The average molecular weight is 247 g/mol. The minimum Gasteiger partial charge on any atom is -0.316 e. The summed E-state index contributed by atoms with van der Waals surface area (Å²) in [5.41, 5.74) is 0.463. The van der Waals surface area contributed by atoms with Crippen molar-refractivity contribution in [2.45, 2.75) is 18.1 Å². The molecule has 2 aliphatic rings. The van der Waals surface area contributed by atoms with E-state index in [0.717, 1.165) is 25.9 Å². The minimum atomic E-state index is -2.24. The Kier molecular flexibility index (Phi) is 4.08. The van der Waals surface area contributed by atoms with Crippen LogP contribution < -0.4 is 5.32 Å². The van der Waals surface area contributed by atoms with Gasteiger partial charge in [0.2, 0.25) is 0 Å². The number of halogens is 2. The van der Waals surface area contributed by atoms with Gasteiger partial charge in [0.15, 0.2) is 0 Å². The molecule has 1 spiro atoms. The van der Waals surface area contributed by atoms with E-state index in [2.05, 4.69) is 5.32 Å². The van der Waals surface area contributed by atoms with Crippen LogP contribution in [0.2, 0.25) is 0 Å². The molecule has 1 unspecified atom stereocenters. The molecule has 1 atom stereocenters. The van der Waals surface area contributed by atoms with Gasteiger partial charge in [0, 0.05) is 34.3 Å². The Hall–Kier alpha value is 0.490. The van der Waals surface area contributed by atoms with Crippen LogP contribution in [-0.4, -0.2) is 28.8 Å². The fraction of sp³-hybridized carbons (Fsp3) is 1.00. The van der Waals surface area contributed by atoms with Crippen molar-refractivity contribution in [1.82, 2.24) is 5.32 Å². The highest BCUT2D eigenvalue weighted by atomic mass is 35.5. The Balaban J connectivity index is 0.000000720. The maximum atomic E-state index is 11.2. The van der Waals surface area contributed by atoms with E-state index in [9.17, 15) is 4.21 Å². The normalized spacial score (nSPS) is 28.7. The Morgan fingerprint density at radius 1 is 1.38 bits per heavy atom. The lowest BCUT2D eigenvalue weighted by atomic mass is 9.64. The predicted molar refractivity (Wildman–Crippen MR) is 59.6 cm³/mol. The molecule has 0 aromatic carbocycles. The first-order valence-electron chi connectivity index (χ1n) is 3.95. The molecule has 1 saturated heterocycles. The summed E-state index contributed by atoms with van der Waals surface area (Å²) < 4.78 is 18.6. The molecule has 80 valence electrons. The summed E-state index contributed by atoms with van der Waals surface area (Å²) in [5, 5.41) is 3.41. The van der Waals surface area contributed by atoms with Crippen molar-refractivity contribution in [3.8, 4) is 0 Å². The zero-order valence-electron chi connectivity index (χ0n) is 7.54. The highest BCUT2D eigenvalue weighted by Gasteiger charge is 2.50. The van der Waals surface area contributed by atoms with E-state index in [4.69, 9.17) is 4.78 Å². The molecule has 3 nitrogen and oxygen atoms in total. The molecule has 0 amide bonds. The van der Waals surface area contributed by atoms with Crippen molar-refractivity contribution in [3.05, 3.63) is 0 Å². The van der Waals surface area contributed by atoms with Crippen LogP contribution in [0.5, 0.6) is 0 Å². The van der Waals surface area contributed by atoms with Gasteiger partial charge in [0.1, 0.15) is 0 Å². The van der Waals surface area contributed by atoms with Gasteiger partial charge >= 0.3 is 0 Å². The largest absolute Gasteiger partial charge is 0.316 e. The first-order chi connectivity index (χ1) is 5.02. The van der Waals surface area contributed by atoms with Gasteiger partial charge in [-0.05, 0) is 18.3 Å². The second kappa shape index (κ2) is 3.93. The molecule has 2 rings (SSSR count). The third kappa shape index (κ3) is 2.29. The van der Waals surface area contributed by atoms with Crippen LogP contribution >= 0.6 is 24.8 Å². The fourth-order valence-corrected chi connectivity index (χ4v) is 3.33. The SMILES string of the molecule is CS(=N)(=O)C1CC2(CNC2)C1.Cl.Cl. The zero-order chi connectivity index (χ0) is 8.11. The van der Waals surface area contributed by atoms with Crippen LogP contribution in [0.1, 0.15) is 12.8 Å². The molecular formula is C7H16Cl2N2OS. The standard InChI is InChI=1S/C7H14N2OS.2ClH/c1-11(8,10)6-2-7(3-6)4-9-5-7;;/h6,8-9H,2-5H2,1H3;2*1H. The Morgan fingerprint density at radius 2 is 1.85 bits per heavy atom. The molecule has 1 aliphatic carbocycles. The van der Waals surface area contributed by atoms with E-state index in [1.807, 2.05) is 0 Å². The fourth-order valence-electron chi connectivity index (χ4n) is 1.99. The van der Waals surface area contributed by atoms with Gasteiger partial charge in [-0.1, -0.05) is 0 Å². The molecule has 0 aromatic rings. The quantitative estimate of drug-likeness (QED) is 0.733. The van der Waals surface area contributed by atoms with Gasteiger partial charge in [-0.25, -0.2) is 4.21 Å². The van der Waals surface area contributed by atoms with Crippen molar-refractivity contribution in [2.24, 2.45) is 5.41 Å². The summed E-state index contributed by atoms with van der Waals surface area (Å²) in [4.78, 5) is 0. The third-order valence-corrected chi connectivity index (χ3v) is 4.56. The Labute approximate surface area is 91.8 Å². The second-order valence-electron chi connectivity index (χ2n) is 4.04. The van der Waals surface area contributed by atoms with Crippen LogP contribution in [0.25, 0.3) is 0 Å². The summed E-state index contributed by atoms with van der Waals surface area (Å²) in [5.74, 6) is 0. The van der Waals surface area contributed by atoms with Crippen LogP contribution in [-0.2, 0) is 9.73 Å². The molecule has 1 heterocycles. The van der Waals surface area contributed by atoms with Crippen LogP contribution in [0, 0.1) is 10.2 Å². The highest BCUT2D eigenvalue weighted by Crippen LogP contribution is 2.47. The summed E-state index contributed by atoms with van der Waals surface area (Å²) >= 11 is 0. The molecule has 13 heavy (non-hydrogen) atoms. The first kappa shape index (κ1) is 13.5. The van der Waals surface area contributed by atoms with Gasteiger partial charge in [-0.15, -0.1) is 24.8 Å². The summed E-state index contributed by atoms with van der Waals surface area (Å²) in [6, 6.07) is 0. The van der Waals surface area contributed by atoms with Gasteiger partial charge < -0.3 is 5.32 Å². The molecule has 2 fully saturated rings. The topological polar surface area (TPSA) is 53.0 Å². The number of hydrogen-bond donors (Lipinski definition) is 2. The Bertz CT molecular complexity index is 266. The van der Waals surface area contributed by atoms with Crippen LogP contribution in [0.15, 0.2) is 0 Å². The molecule has 0 radical (unpaired) electrons. The van der Waals surface area contributed by atoms with E-state index in [1.54, 1.807) is 6.26 Å². The highest BCUT2D eigenvalue weighted by molar-refractivity contribution is 7.92. The van der Waals surface area contributed by atoms with Crippen molar-refractivity contribution >= 4 is 34.5 Å². The van der Waals surface area contributed by atoms with Crippen molar-refractivity contribution in [1.29, 1.82) is 4.78 Å². The molecular weight excluding hydrogens is 231 g/mol. The molecule has 0 bridgehead atoms. The predicted octanol–water partition coefficient (Wildman–Crippen LogP) is 1.26. The lowest BCUT2D eigenvalue weighted by Gasteiger charge is -2.54. The maximum absolute atomic E-state index is 11.2. The lowest BCUT2D eigenvalue weighted by Crippen LogP contribution is -2.62. The van der Waals surface area contributed by atoms with E-state index in [-0.39, 0.29) is 30.1 Å². The van der Waals surface area contributed by atoms with Gasteiger partial charge in [0.25, 0.3) is 0 Å². The van der Waals surface area contributed by atoms with Crippen LogP contribution in [0.3, 0.4) is 0 Å². The molecule has 1 saturated carbocycles. The summed E-state index contributed by atoms with van der Waals surface area (Å²) in [6.45, 7) is 2.16. The third-order valence-electron chi connectivity index (χ3n) is 2.96. The van der Waals surface area contributed by atoms with Gasteiger partial charge in [-0.3, -0.25) is 4.78 Å². The Morgan fingerprint density at radius 3 is 2.08 bits per heavy atom. The average Bonchev–Trinajstić information content (AvgIpc) is 1.49. The van der Waals surface area contributed by atoms with Gasteiger partial charge in [0.05, 0.1) is 0 Å². The molecule has 0 aromatic heterocycles. The van der Waals surface area contributed by atoms with Gasteiger partial charge in [-0.2, -0.15) is 0 Å². The van der Waals surface area contributed by atoms with Crippen molar-refractivity contribution < 1.29 is 4.21 Å². The number of hydrogen-bond acceptors (Lipinski definition) is 3. The van der Waals surface area contributed by atoms with Crippen LogP contribution in [0.4, 0.5) is 0 Å². The molecule has 2 N–H and O–H groups in total. The molecule has 6 heteroatoms. The van der Waals surface area contributed by atoms with E-state index in [0.29, 0.717) is 5.41 Å². The van der Waals surface area contributed by atoms with Crippen molar-refractivity contribution in [3.63, 3.8) is 0 Å². The van der Waals surface area contributed by atoms with E-state index in [1.165, 1.54) is 0 Å². The summed E-state index contributed by atoms with van der Waals surface area (Å²) in [6.07, 6.45) is 3.59. The maximum Gasteiger partial charge on any atom is 0.0441 e. The van der Waals surface area contributed by atoms with E-state index >= 15 is 0 Å². The second-order valence-corrected chi connectivity index (χ2v) is 6.51. The smallest absolute Gasteiger partial charge is 0.0441 e. The van der Waals surface area contributed by atoms with E-state index < -0.39 is 9.73 Å². The lowest BCUT2D eigenvalue weighted by molar-refractivity contribution is 0.0653. The number of nitrogens with one attached hydrogen (secondary N) is 2. The molecule has 1 aliphatic heterocycles. The number of rotatable bonds is 1. The first-order valence-corrected chi connectivity index (χ1v) is 5.98. The zero-order valence-corrected chi connectivity index (χ0v) is 9.99. The summed E-state index contributed by atoms with van der Waals surface area (Å²) in [7, 11) is -2.24.